The Bertz CT molecular complexity index is 913. The van der Waals surface area contributed by atoms with Gasteiger partial charge in [0.1, 0.15) is 18.1 Å². The minimum absolute atomic E-state index is 0.0180. The van der Waals surface area contributed by atoms with Crippen LogP contribution in [-0.2, 0) is 16.1 Å². The van der Waals surface area contributed by atoms with Gasteiger partial charge in [0.2, 0.25) is 5.95 Å². The summed E-state index contributed by atoms with van der Waals surface area (Å²) in [5, 5.41) is 7.18. The largest absolute Gasteiger partial charge is 0.497 e. The highest BCUT2D eigenvalue weighted by Crippen LogP contribution is 2.22. The van der Waals surface area contributed by atoms with Gasteiger partial charge in [0.05, 0.1) is 19.2 Å². The van der Waals surface area contributed by atoms with Crippen LogP contribution < -0.4 is 15.4 Å². The zero-order valence-electron chi connectivity index (χ0n) is 15.4. The fourth-order valence-electron chi connectivity index (χ4n) is 2.58. The van der Waals surface area contributed by atoms with Gasteiger partial charge in [0.25, 0.3) is 0 Å². The number of rotatable bonds is 8. The lowest BCUT2D eigenvalue weighted by Gasteiger charge is -2.12. The van der Waals surface area contributed by atoms with E-state index in [1.807, 2.05) is 48.5 Å². The third-order valence-corrected chi connectivity index (χ3v) is 3.92. The van der Waals surface area contributed by atoms with E-state index in [1.165, 1.54) is 0 Å². The number of benzene rings is 2. The predicted molar refractivity (Wildman–Crippen MR) is 105 cm³/mol. The van der Waals surface area contributed by atoms with Crippen molar-refractivity contribution in [3.8, 4) is 5.75 Å². The summed E-state index contributed by atoms with van der Waals surface area (Å²) in [4.78, 5) is 20.5. The van der Waals surface area contributed by atoms with E-state index in [4.69, 9.17) is 9.47 Å². The van der Waals surface area contributed by atoms with Crippen molar-refractivity contribution in [3.05, 3.63) is 54.1 Å². The highest BCUT2D eigenvalue weighted by atomic mass is 16.5. The minimum atomic E-state index is -0.345. The summed E-state index contributed by atoms with van der Waals surface area (Å²) in [5.74, 6) is 1.54. The number of hydrogen-bond acceptors (Lipinski definition) is 7. The van der Waals surface area contributed by atoms with E-state index >= 15 is 0 Å². The first kappa shape index (κ1) is 18.4. The first-order valence-electron chi connectivity index (χ1n) is 8.72. The Hall–Kier alpha value is -3.35. The molecule has 7 heteroatoms. The number of carbonyl (C=O) groups excluding carboxylic acids is 1. The number of esters is 1. The molecule has 1 aromatic heterocycles. The van der Waals surface area contributed by atoms with Gasteiger partial charge in [-0.3, -0.25) is 4.79 Å². The molecular weight excluding hydrogens is 344 g/mol. The van der Waals surface area contributed by atoms with E-state index in [9.17, 15) is 4.79 Å². The van der Waals surface area contributed by atoms with Crippen LogP contribution in [0.2, 0.25) is 0 Å². The van der Waals surface area contributed by atoms with Gasteiger partial charge in [-0.1, -0.05) is 24.3 Å². The second-order valence-corrected chi connectivity index (χ2v) is 5.77. The van der Waals surface area contributed by atoms with E-state index in [1.54, 1.807) is 14.0 Å². The van der Waals surface area contributed by atoms with Crippen molar-refractivity contribution in [1.29, 1.82) is 0 Å². The number of nitrogens with zero attached hydrogens (tertiary/aromatic N) is 2. The Kier molecular flexibility index (Phi) is 6.04. The molecule has 2 N–H and O–H groups in total. The van der Waals surface area contributed by atoms with Crippen LogP contribution in [0.25, 0.3) is 10.9 Å². The molecule has 0 saturated carbocycles. The molecule has 0 aliphatic carbocycles. The third kappa shape index (κ3) is 4.84. The maximum Gasteiger partial charge on any atom is 0.325 e. The first-order valence-corrected chi connectivity index (χ1v) is 8.72. The lowest BCUT2D eigenvalue weighted by atomic mass is 10.2. The van der Waals surface area contributed by atoms with E-state index in [0.29, 0.717) is 24.9 Å². The summed E-state index contributed by atoms with van der Waals surface area (Å²) >= 11 is 0. The van der Waals surface area contributed by atoms with Crippen molar-refractivity contribution >= 4 is 28.6 Å². The molecule has 3 aromatic rings. The Morgan fingerprint density at radius 3 is 2.56 bits per heavy atom. The molecule has 2 aromatic carbocycles. The molecule has 0 bridgehead atoms. The van der Waals surface area contributed by atoms with Gasteiger partial charge in [-0.15, -0.1) is 0 Å². The van der Waals surface area contributed by atoms with E-state index in [0.717, 1.165) is 22.2 Å². The van der Waals surface area contributed by atoms with Crippen LogP contribution in [0.5, 0.6) is 5.75 Å². The van der Waals surface area contributed by atoms with Crippen molar-refractivity contribution in [2.45, 2.75) is 13.5 Å². The SMILES string of the molecule is CCOC(=O)CNc1nc(NCc2ccc(OC)cc2)c2ccccc2n1. The van der Waals surface area contributed by atoms with Crippen LogP contribution in [0.3, 0.4) is 0 Å². The van der Waals surface area contributed by atoms with Crippen LogP contribution >= 0.6 is 0 Å². The Morgan fingerprint density at radius 1 is 1.04 bits per heavy atom. The van der Waals surface area contributed by atoms with E-state index < -0.39 is 0 Å². The molecule has 3 rings (SSSR count). The van der Waals surface area contributed by atoms with Crippen molar-refractivity contribution in [2.24, 2.45) is 0 Å². The molecule has 0 spiro atoms. The summed E-state index contributed by atoms with van der Waals surface area (Å²) in [6, 6.07) is 15.5. The number of fused-ring (bicyclic) bond motifs is 1. The second kappa shape index (κ2) is 8.84. The Balaban J connectivity index is 1.78. The van der Waals surface area contributed by atoms with Crippen molar-refractivity contribution in [3.63, 3.8) is 0 Å². The number of nitrogens with one attached hydrogen (secondary N) is 2. The molecule has 1 heterocycles. The second-order valence-electron chi connectivity index (χ2n) is 5.77. The van der Waals surface area contributed by atoms with Gasteiger partial charge in [-0.2, -0.15) is 4.98 Å². The standard InChI is InChI=1S/C20H22N4O3/c1-3-27-18(25)13-22-20-23-17-7-5-4-6-16(17)19(24-20)21-12-14-8-10-15(26-2)11-9-14/h4-11H,3,12-13H2,1-2H3,(H2,21,22,23,24). The Morgan fingerprint density at radius 2 is 1.81 bits per heavy atom. The van der Waals surface area contributed by atoms with Crippen LogP contribution in [0.4, 0.5) is 11.8 Å². The Labute approximate surface area is 157 Å². The lowest BCUT2D eigenvalue weighted by molar-refractivity contribution is -0.140. The van der Waals surface area contributed by atoms with Crippen LogP contribution in [0, 0.1) is 0 Å². The van der Waals surface area contributed by atoms with Gasteiger partial charge >= 0.3 is 5.97 Å². The first-order chi connectivity index (χ1) is 13.2. The maximum absolute atomic E-state index is 11.6. The molecule has 140 valence electrons. The van der Waals surface area contributed by atoms with Gasteiger partial charge in [-0.05, 0) is 36.8 Å². The van der Waals surface area contributed by atoms with Crippen molar-refractivity contribution in [2.75, 3.05) is 30.9 Å². The number of carbonyl (C=O) groups is 1. The van der Waals surface area contributed by atoms with Gasteiger partial charge in [0, 0.05) is 11.9 Å². The molecule has 0 saturated heterocycles. The van der Waals surface area contributed by atoms with Crippen molar-refractivity contribution in [1.82, 2.24) is 9.97 Å². The highest BCUT2D eigenvalue weighted by molar-refractivity contribution is 5.90. The van der Waals surface area contributed by atoms with Gasteiger partial charge in [0.15, 0.2) is 0 Å². The normalized spacial score (nSPS) is 10.4. The number of ether oxygens (including phenoxy) is 2. The number of methoxy groups -OCH3 is 1. The molecule has 0 aliphatic rings. The summed E-state index contributed by atoms with van der Waals surface area (Å²) in [7, 11) is 1.64. The van der Waals surface area contributed by atoms with Crippen LogP contribution in [0.1, 0.15) is 12.5 Å². The van der Waals surface area contributed by atoms with Gasteiger partial charge < -0.3 is 20.1 Å². The molecule has 27 heavy (non-hydrogen) atoms. The maximum atomic E-state index is 11.6. The molecule has 0 aliphatic heterocycles. The summed E-state index contributed by atoms with van der Waals surface area (Å²) in [6.45, 7) is 2.73. The zero-order valence-corrected chi connectivity index (χ0v) is 15.4. The molecule has 0 radical (unpaired) electrons. The smallest absolute Gasteiger partial charge is 0.325 e. The quantitative estimate of drug-likeness (QED) is 0.592. The number of anilines is 2. The molecule has 0 fully saturated rings. The molecule has 0 unspecified atom stereocenters. The van der Waals surface area contributed by atoms with Crippen molar-refractivity contribution < 1.29 is 14.3 Å². The topological polar surface area (TPSA) is 85.4 Å². The minimum Gasteiger partial charge on any atom is -0.497 e. The molecular formula is C20H22N4O3. The fourth-order valence-corrected chi connectivity index (χ4v) is 2.58. The van der Waals surface area contributed by atoms with E-state index in [2.05, 4.69) is 20.6 Å². The zero-order chi connectivity index (χ0) is 19.1. The number of aromatic nitrogens is 2. The van der Waals surface area contributed by atoms with Crippen LogP contribution in [0.15, 0.2) is 48.5 Å². The van der Waals surface area contributed by atoms with E-state index in [-0.39, 0.29) is 12.5 Å². The summed E-state index contributed by atoms with van der Waals surface area (Å²) in [6.07, 6.45) is 0. The highest BCUT2D eigenvalue weighted by Gasteiger charge is 2.09. The number of hydrogen-bond donors (Lipinski definition) is 2. The predicted octanol–water partition coefficient (Wildman–Crippen LogP) is 3.23. The molecule has 0 atom stereocenters. The third-order valence-electron chi connectivity index (χ3n) is 3.92. The van der Waals surface area contributed by atoms with Gasteiger partial charge in [-0.25, -0.2) is 4.98 Å². The average Bonchev–Trinajstić information content (AvgIpc) is 2.71. The summed E-state index contributed by atoms with van der Waals surface area (Å²) in [5.41, 5.74) is 1.88. The fraction of sp³-hybridized carbons (Fsp3) is 0.250. The monoisotopic (exact) mass is 366 g/mol. The summed E-state index contributed by atoms with van der Waals surface area (Å²) < 4.78 is 10.1. The lowest BCUT2D eigenvalue weighted by Crippen LogP contribution is -2.18. The van der Waals surface area contributed by atoms with Crippen LogP contribution in [-0.4, -0.2) is 36.2 Å². The molecule has 0 amide bonds. The molecule has 7 nitrogen and oxygen atoms in total. The average molecular weight is 366 g/mol. The number of para-hydroxylation sites is 1.